The van der Waals surface area contributed by atoms with E-state index in [1.165, 1.54) is 37.5 Å². The molecule has 1 saturated carbocycles. The Morgan fingerprint density at radius 3 is 2.76 bits per heavy atom. The largest absolute Gasteiger partial charge is 0.393 e. The Morgan fingerprint density at radius 1 is 1.29 bits per heavy atom. The second-order valence-corrected chi connectivity index (χ2v) is 5.93. The number of benzene rings is 1. The molecule has 3 rings (SSSR count). The van der Waals surface area contributed by atoms with Crippen LogP contribution in [0.2, 0.25) is 0 Å². The molecule has 6 nitrogen and oxygen atoms in total. The van der Waals surface area contributed by atoms with Crippen molar-refractivity contribution in [2.24, 2.45) is 5.92 Å². The first kappa shape index (κ1) is 13.9. The first-order valence-electron chi connectivity index (χ1n) is 7.43. The summed E-state index contributed by atoms with van der Waals surface area (Å²) in [6.45, 7) is 0.783. The smallest absolute Gasteiger partial charge is 0.292 e. The Morgan fingerprint density at radius 2 is 2.05 bits per heavy atom. The second kappa shape index (κ2) is 5.35. The van der Waals surface area contributed by atoms with Crippen molar-refractivity contribution in [3.05, 3.63) is 33.9 Å². The Labute approximate surface area is 123 Å². The van der Waals surface area contributed by atoms with Gasteiger partial charge in [0.15, 0.2) is 0 Å². The Hall–Kier alpha value is -2.11. The zero-order valence-corrected chi connectivity index (χ0v) is 11.8. The number of likely N-dealkylation sites (tertiary alicyclic amines) is 1. The van der Waals surface area contributed by atoms with Gasteiger partial charge in [0, 0.05) is 24.2 Å². The molecule has 112 valence electrons. The summed E-state index contributed by atoms with van der Waals surface area (Å²) in [6.07, 6.45) is 5.77. The third kappa shape index (κ3) is 2.46. The van der Waals surface area contributed by atoms with Gasteiger partial charge < -0.3 is 10.6 Å². The fraction of sp³-hybridized carbons (Fsp3) is 0.533. The number of hydrogen-bond acceptors (Lipinski definition) is 4. The second-order valence-electron chi connectivity index (χ2n) is 5.93. The van der Waals surface area contributed by atoms with E-state index in [0.29, 0.717) is 17.5 Å². The molecule has 0 spiro atoms. The van der Waals surface area contributed by atoms with Crippen molar-refractivity contribution in [3.8, 4) is 0 Å². The molecule has 1 aliphatic carbocycles. The predicted octanol–water partition coefficient (Wildman–Crippen LogP) is 2.58. The van der Waals surface area contributed by atoms with Gasteiger partial charge in [-0.15, -0.1) is 0 Å². The highest BCUT2D eigenvalue weighted by Gasteiger charge is 2.38. The maximum absolute atomic E-state index is 12.6. The SMILES string of the molecule is Nc1cc(C(=O)N2CCC3CCCCC32)ccc1[N+](=O)[O-]. The summed E-state index contributed by atoms with van der Waals surface area (Å²) in [7, 11) is 0. The normalized spacial score (nSPS) is 24.7. The van der Waals surface area contributed by atoms with Crippen LogP contribution in [0.5, 0.6) is 0 Å². The number of nitrogen functional groups attached to an aromatic ring is 1. The van der Waals surface area contributed by atoms with E-state index in [2.05, 4.69) is 0 Å². The van der Waals surface area contributed by atoms with Crippen LogP contribution in [-0.2, 0) is 0 Å². The van der Waals surface area contributed by atoms with E-state index in [-0.39, 0.29) is 17.3 Å². The van der Waals surface area contributed by atoms with Crippen LogP contribution in [0.15, 0.2) is 18.2 Å². The molecule has 0 radical (unpaired) electrons. The average Bonchev–Trinajstić information content (AvgIpc) is 2.90. The van der Waals surface area contributed by atoms with Gasteiger partial charge in [-0.1, -0.05) is 12.8 Å². The molecule has 2 N–H and O–H groups in total. The van der Waals surface area contributed by atoms with Gasteiger partial charge in [-0.2, -0.15) is 0 Å². The predicted molar refractivity (Wildman–Crippen MR) is 78.9 cm³/mol. The molecule has 2 fully saturated rings. The third-order valence-corrected chi connectivity index (χ3v) is 4.74. The molecular formula is C15H19N3O3. The molecule has 21 heavy (non-hydrogen) atoms. The average molecular weight is 289 g/mol. The number of carbonyl (C=O) groups excluding carboxylic acids is 1. The van der Waals surface area contributed by atoms with Gasteiger partial charge in [0.2, 0.25) is 0 Å². The van der Waals surface area contributed by atoms with Crippen molar-refractivity contribution in [2.75, 3.05) is 12.3 Å². The van der Waals surface area contributed by atoms with Gasteiger partial charge >= 0.3 is 0 Å². The van der Waals surface area contributed by atoms with E-state index in [9.17, 15) is 14.9 Å². The van der Waals surface area contributed by atoms with Crippen LogP contribution in [0.4, 0.5) is 11.4 Å². The van der Waals surface area contributed by atoms with Gasteiger partial charge in [-0.25, -0.2) is 0 Å². The van der Waals surface area contributed by atoms with Crippen molar-refractivity contribution < 1.29 is 9.72 Å². The minimum Gasteiger partial charge on any atom is -0.393 e. The molecule has 2 aliphatic rings. The molecule has 0 bridgehead atoms. The number of nitro benzene ring substituents is 1. The molecule has 1 amide bonds. The third-order valence-electron chi connectivity index (χ3n) is 4.74. The summed E-state index contributed by atoms with van der Waals surface area (Å²) in [5, 5.41) is 10.8. The number of rotatable bonds is 2. The summed E-state index contributed by atoms with van der Waals surface area (Å²) >= 11 is 0. The zero-order valence-electron chi connectivity index (χ0n) is 11.8. The minimum absolute atomic E-state index is 0.0465. The first-order valence-corrected chi connectivity index (χ1v) is 7.43. The fourth-order valence-electron chi connectivity index (χ4n) is 3.68. The Kier molecular flexibility index (Phi) is 3.53. The number of fused-ring (bicyclic) bond motifs is 1. The first-order chi connectivity index (χ1) is 10.1. The maximum atomic E-state index is 12.6. The van der Waals surface area contributed by atoms with Gasteiger partial charge in [0.05, 0.1) is 4.92 Å². The lowest BCUT2D eigenvalue weighted by molar-refractivity contribution is -0.383. The number of amides is 1. The molecule has 1 heterocycles. The molecule has 1 aromatic carbocycles. The van der Waals surface area contributed by atoms with Crippen molar-refractivity contribution >= 4 is 17.3 Å². The van der Waals surface area contributed by atoms with Crippen LogP contribution < -0.4 is 5.73 Å². The summed E-state index contributed by atoms with van der Waals surface area (Å²) in [5.74, 6) is 0.573. The number of hydrogen-bond donors (Lipinski definition) is 1. The van der Waals surface area contributed by atoms with E-state index in [1.807, 2.05) is 4.90 Å². The van der Waals surface area contributed by atoms with E-state index in [0.717, 1.165) is 19.4 Å². The molecule has 1 aromatic rings. The lowest BCUT2D eigenvalue weighted by Crippen LogP contribution is -2.39. The molecule has 2 unspecified atom stereocenters. The summed E-state index contributed by atoms with van der Waals surface area (Å²) < 4.78 is 0. The van der Waals surface area contributed by atoms with Gasteiger partial charge in [0.25, 0.3) is 11.6 Å². The molecular weight excluding hydrogens is 270 g/mol. The van der Waals surface area contributed by atoms with Crippen molar-refractivity contribution in [1.29, 1.82) is 0 Å². The molecule has 1 saturated heterocycles. The van der Waals surface area contributed by atoms with Crippen LogP contribution in [0.25, 0.3) is 0 Å². The van der Waals surface area contributed by atoms with Crippen LogP contribution in [0, 0.1) is 16.0 Å². The fourth-order valence-corrected chi connectivity index (χ4v) is 3.68. The quantitative estimate of drug-likeness (QED) is 0.514. The van der Waals surface area contributed by atoms with Crippen molar-refractivity contribution in [2.45, 2.75) is 38.1 Å². The summed E-state index contributed by atoms with van der Waals surface area (Å²) in [6, 6.07) is 4.59. The van der Waals surface area contributed by atoms with E-state index in [4.69, 9.17) is 5.73 Å². The number of carbonyl (C=O) groups is 1. The topological polar surface area (TPSA) is 89.5 Å². The van der Waals surface area contributed by atoms with E-state index in [1.54, 1.807) is 0 Å². The number of nitro groups is 1. The monoisotopic (exact) mass is 289 g/mol. The summed E-state index contributed by atoms with van der Waals surface area (Å²) in [5.41, 5.74) is 6.02. The van der Waals surface area contributed by atoms with Crippen molar-refractivity contribution in [1.82, 2.24) is 4.90 Å². The lowest BCUT2D eigenvalue weighted by atomic mass is 9.85. The Bertz CT molecular complexity index is 588. The van der Waals surface area contributed by atoms with Gasteiger partial charge in [-0.05, 0) is 37.3 Å². The highest BCUT2D eigenvalue weighted by molar-refractivity contribution is 5.96. The maximum Gasteiger partial charge on any atom is 0.292 e. The number of nitrogens with zero attached hydrogens (tertiary/aromatic N) is 2. The molecule has 6 heteroatoms. The minimum atomic E-state index is -0.531. The molecule has 0 aromatic heterocycles. The highest BCUT2D eigenvalue weighted by Crippen LogP contribution is 2.37. The molecule has 2 atom stereocenters. The van der Waals surface area contributed by atoms with Gasteiger partial charge in [0.1, 0.15) is 5.69 Å². The van der Waals surface area contributed by atoms with Crippen LogP contribution >= 0.6 is 0 Å². The highest BCUT2D eigenvalue weighted by atomic mass is 16.6. The Balaban J connectivity index is 1.82. The summed E-state index contributed by atoms with van der Waals surface area (Å²) in [4.78, 5) is 24.8. The van der Waals surface area contributed by atoms with Gasteiger partial charge in [-0.3, -0.25) is 14.9 Å². The lowest BCUT2D eigenvalue weighted by Gasteiger charge is -2.31. The van der Waals surface area contributed by atoms with Crippen molar-refractivity contribution in [3.63, 3.8) is 0 Å². The van der Waals surface area contributed by atoms with E-state index >= 15 is 0 Å². The standard InChI is InChI=1S/C15H19N3O3/c16-12-9-11(5-6-14(12)18(20)21)15(19)17-8-7-10-3-1-2-4-13(10)17/h5-6,9-10,13H,1-4,7-8,16H2. The number of nitrogens with two attached hydrogens (primary N) is 1. The zero-order chi connectivity index (χ0) is 15.0. The van der Waals surface area contributed by atoms with Crippen LogP contribution in [-0.4, -0.2) is 28.3 Å². The number of anilines is 1. The van der Waals surface area contributed by atoms with Crippen LogP contribution in [0.3, 0.4) is 0 Å². The van der Waals surface area contributed by atoms with Crippen LogP contribution in [0.1, 0.15) is 42.5 Å². The molecule has 1 aliphatic heterocycles. The van der Waals surface area contributed by atoms with E-state index < -0.39 is 4.92 Å².